The van der Waals surface area contributed by atoms with Crippen LogP contribution in [0.15, 0.2) is 90.1 Å². The highest BCUT2D eigenvalue weighted by Crippen LogP contribution is 2.41. The van der Waals surface area contributed by atoms with Crippen LogP contribution < -0.4 is 9.04 Å². The van der Waals surface area contributed by atoms with Crippen molar-refractivity contribution in [1.82, 2.24) is 19.4 Å². The van der Waals surface area contributed by atoms with Crippen molar-refractivity contribution in [2.75, 3.05) is 51.3 Å². The normalized spacial score (nSPS) is 20.2. The molecule has 1 aromatic heterocycles. The zero-order valence-electron chi connectivity index (χ0n) is 30.6. The lowest BCUT2D eigenvalue weighted by molar-refractivity contribution is -0.387. The van der Waals surface area contributed by atoms with Gasteiger partial charge < -0.3 is 34.1 Å². The van der Waals surface area contributed by atoms with Gasteiger partial charge in [-0.2, -0.15) is 0 Å². The SMILES string of the molecule is COC[C@]1(O)CCCC[C@H]1n1cnc(C(=O)N2CCN(C(=O)O)C[C@H]2CCN(c2ccccc2OC)S(=O)(=O)c2ccccc2[N+](=O)[O-])c1-c1ccccc1. The van der Waals surface area contributed by atoms with Gasteiger partial charge in [-0.1, -0.05) is 67.4 Å². The zero-order chi connectivity index (χ0) is 39.3. The van der Waals surface area contributed by atoms with E-state index < -0.39 is 55.2 Å². The van der Waals surface area contributed by atoms with Gasteiger partial charge in [-0.25, -0.2) is 18.2 Å². The molecule has 55 heavy (non-hydrogen) atoms. The van der Waals surface area contributed by atoms with Crippen molar-refractivity contribution in [2.24, 2.45) is 0 Å². The number of nitrogens with zero attached hydrogens (tertiary/aromatic N) is 6. The van der Waals surface area contributed by atoms with E-state index in [9.17, 15) is 38.3 Å². The molecule has 16 nitrogen and oxygen atoms in total. The molecule has 2 aliphatic rings. The molecule has 3 aromatic carbocycles. The summed E-state index contributed by atoms with van der Waals surface area (Å²) < 4.78 is 42.6. The molecule has 0 unspecified atom stereocenters. The third-order valence-corrected chi connectivity index (χ3v) is 12.3. The summed E-state index contributed by atoms with van der Waals surface area (Å²) in [7, 11) is -1.72. The minimum Gasteiger partial charge on any atom is -0.495 e. The second-order valence-corrected chi connectivity index (χ2v) is 15.5. The second kappa shape index (κ2) is 16.5. The minimum absolute atomic E-state index is 0.000101. The molecule has 1 saturated heterocycles. The number of carboxylic acid groups (broad SMARTS) is 1. The van der Waals surface area contributed by atoms with Crippen LogP contribution in [0.3, 0.4) is 0 Å². The molecular formula is C38H44N6O10S. The number of benzene rings is 3. The molecule has 292 valence electrons. The van der Waals surface area contributed by atoms with Crippen molar-refractivity contribution < 1.29 is 42.6 Å². The molecule has 2 amide bonds. The highest BCUT2D eigenvalue weighted by Gasteiger charge is 2.43. The lowest BCUT2D eigenvalue weighted by Gasteiger charge is -2.41. The van der Waals surface area contributed by atoms with E-state index in [-0.39, 0.29) is 56.3 Å². The van der Waals surface area contributed by atoms with Crippen LogP contribution in [0, 0.1) is 10.1 Å². The largest absolute Gasteiger partial charge is 0.495 e. The number of nitro benzene ring substituents is 1. The Labute approximate surface area is 318 Å². The Kier molecular flexibility index (Phi) is 11.7. The van der Waals surface area contributed by atoms with Gasteiger partial charge in [-0.15, -0.1) is 0 Å². The summed E-state index contributed by atoms with van der Waals surface area (Å²) in [6.45, 7) is -0.365. The number of ether oxygens (including phenoxy) is 2. The van der Waals surface area contributed by atoms with Crippen molar-refractivity contribution in [3.63, 3.8) is 0 Å². The van der Waals surface area contributed by atoms with E-state index in [0.717, 1.165) is 29.3 Å². The number of methoxy groups -OCH3 is 2. The molecule has 0 radical (unpaired) electrons. The number of carbonyl (C=O) groups excluding carboxylic acids is 1. The van der Waals surface area contributed by atoms with Crippen molar-refractivity contribution in [3.05, 3.63) is 101 Å². The number of piperazine rings is 1. The highest BCUT2D eigenvalue weighted by molar-refractivity contribution is 7.93. The predicted octanol–water partition coefficient (Wildman–Crippen LogP) is 5.05. The van der Waals surface area contributed by atoms with Crippen LogP contribution in [0.4, 0.5) is 16.2 Å². The number of aliphatic hydroxyl groups is 1. The fourth-order valence-corrected chi connectivity index (χ4v) is 9.40. The summed E-state index contributed by atoms with van der Waals surface area (Å²) in [5, 5.41) is 33.8. The molecule has 0 spiro atoms. The predicted molar refractivity (Wildman–Crippen MR) is 202 cm³/mol. The Balaban J connectivity index is 1.40. The number of para-hydroxylation sites is 3. The van der Waals surface area contributed by atoms with E-state index in [2.05, 4.69) is 4.98 Å². The third kappa shape index (κ3) is 7.85. The summed E-state index contributed by atoms with van der Waals surface area (Å²) in [5.74, 6) is -0.313. The molecule has 0 bridgehead atoms. The van der Waals surface area contributed by atoms with Gasteiger partial charge in [0, 0.05) is 44.9 Å². The lowest BCUT2D eigenvalue weighted by Crippen LogP contribution is -2.57. The van der Waals surface area contributed by atoms with Gasteiger partial charge in [0.15, 0.2) is 10.6 Å². The summed E-state index contributed by atoms with van der Waals surface area (Å²) in [4.78, 5) is 45.0. The quantitative estimate of drug-likeness (QED) is 0.136. The van der Waals surface area contributed by atoms with Crippen LogP contribution in [-0.4, -0.2) is 114 Å². The zero-order valence-corrected chi connectivity index (χ0v) is 31.4. The van der Waals surface area contributed by atoms with Gasteiger partial charge in [0.05, 0.1) is 48.4 Å². The maximum absolute atomic E-state index is 14.8. The summed E-state index contributed by atoms with van der Waals surface area (Å²) >= 11 is 0. The molecule has 1 aliphatic carbocycles. The van der Waals surface area contributed by atoms with Gasteiger partial charge in [0.1, 0.15) is 11.4 Å². The molecule has 2 N–H and O–H groups in total. The molecule has 6 rings (SSSR count). The van der Waals surface area contributed by atoms with E-state index in [4.69, 9.17) is 9.47 Å². The molecule has 2 fully saturated rings. The Hall–Kier alpha value is -5.52. The topological polar surface area (TPSA) is 198 Å². The number of rotatable bonds is 13. The van der Waals surface area contributed by atoms with Crippen LogP contribution in [0.5, 0.6) is 5.75 Å². The fourth-order valence-electron chi connectivity index (χ4n) is 7.75. The van der Waals surface area contributed by atoms with Crippen LogP contribution >= 0.6 is 0 Å². The first-order chi connectivity index (χ1) is 26.4. The smallest absolute Gasteiger partial charge is 0.407 e. The summed E-state index contributed by atoms with van der Waals surface area (Å²) in [5.41, 5.74) is -0.455. The number of imidazole rings is 1. The van der Waals surface area contributed by atoms with E-state index in [0.29, 0.717) is 24.1 Å². The van der Waals surface area contributed by atoms with Crippen LogP contribution in [0.1, 0.15) is 48.6 Å². The van der Waals surface area contributed by atoms with E-state index in [1.807, 2.05) is 34.9 Å². The summed E-state index contributed by atoms with van der Waals surface area (Å²) in [6.07, 6.45) is 3.07. The van der Waals surface area contributed by atoms with Crippen molar-refractivity contribution in [2.45, 2.75) is 54.7 Å². The first-order valence-corrected chi connectivity index (χ1v) is 19.4. The Morgan fingerprint density at radius 1 is 1.02 bits per heavy atom. The number of aromatic nitrogens is 2. The van der Waals surface area contributed by atoms with Crippen molar-refractivity contribution in [1.29, 1.82) is 0 Å². The Bertz CT molecular complexity index is 2130. The number of sulfonamides is 1. The second-order valence-electron chi connectivity index (χ2n) is 13.7. The van der Waals surface area contributed by atoms with Gasteiger partial charge >= 0.3 is 6.09 Å². The molecule has 1 saturated carbocycles. The Morgan fingerprint density at radius 2 is 1.73 bits per heavy atom. The van der Waals surface area contributed by atoms with Crippen molar-refractivity contribution in [3.8, 4) is 17.0 Å². The number of anilines is 1. The number of hydrogen-bond donors (Lipinski definition) is 2. The maximum atomic E-state index is 14.8. The van der Waals surface area contributed by atoms with Gasteiger partial charge in [0.25, 0.3) is 21.6 Å². The third-order valence-electron chi connectivity index (χ3n) is 10.4. The van der Waals surface area contributed by atoms with Crippen LogP contribution in [-0.2, 0) is 14.8 Å². The lowest BCUT2D eigenvalue weighted by atomic mass is 9.80. The Morgan fingerprint density at radius 3 is 2.44 bits per heavy atom. The first kappa shape index (κ1) is 39.2. The van der Waals surface area contributed by atoms with Crippen LogP contribution in [0.25, 0.3) is 11.3 Å². The van der Waals surface area contributed by atoms with E-state index >= 15 is 0 Å². The standard InChI is InChI=1S/C38H44N6O10S/c1-53-25-38(48)20-11-10-18-33(38)42-26-39-34(35(42)27-12-4-3-5-13-27)36(45)41-23-22-40(37(46)47)24-28(41)19-21-43(29-14-6-8-16-31(29)54-2)55(51,52)32-17-9-7-15-30(32)44(49)50/h3-9,12-17,26,28,33,48H,10-11,18-25H2,1-2H3,(H,46,47)/t28-,33-,38-/m1/s1. The number of carbonyl (C=O) groups is 2. The van der Waals surface area contributed by atoms with Crippen LogP contribution in [0.2, 0.25) is 0 Å². The fraction of sp³-hybridized carbons (Fsp3) is 0.395. The molecule has 1 aliphatic heterocycles. The van der Waals surface area contributed by atoms with E-state index in [1.165, 1.54) is 42.2 Å². The maximum Gasteiger partial charge on any atom is 0.407 e. The van der Waals surface area contributed by atoms with Gasteiger partial charge in [-0.05, 0) is 37.5 Å². The van der Waals surface area contributed by atoms with Gasteiger partial charge in [-0.3, -0.25) is 19.2 Å². The average molecular weight is 777 g/mol. The number of nitro groups is 1. The van der Waals surface area contributed by atoms with Gasteiger partial charge in [0.2, 0.25) is 0 Å². The minimum atomic E-state index is -4.62. The molecular weight excluding hydrogens is 733 g/mol. The van der Waals surface area contributed by atoms with Crippen molar-refractivity contribution >= 4 is 33.4 Å². The number of amides is 2. The van der Waals surface area contributed by atoms with E-state index in [1.54, 1.807) is 24.5 Å². The molecule has 2 heterocycles. The average Bonchev–Trinajstić information content (AvgIpc) is 3.63. The monoisotopic (exact) mass is 776 g/mol. The molecule has 3 atom stereocenters. The molecule has 4 aromatic rings. The number of hydrogen-bond acceptors (Lipinski definition) is 10. The summed E-state index contributed by atoms with van der Waals surface area (Å²) in [6, 6.07) is 19.2. The first-order valence-electron chi connectivity index (χ1n) is 17.9. The highest BCUT2D eigenvalue weighted by atomic mass is 32.2. The molecule has 17 heteroatoms.